The van der Waals surface area contributed by atoms with Crippen molar-refractivity contribution in [3.05, 3.63) is 50.6 Å². The molecule has 2 aromatic rings. The summed E-state index contributed by atoms with van der Waals surface area (Å²) in [5.74, 6) is 1.22. The molecule has 0 unspecified atom stereocenters. The molecule has 2 nitrogen and oxygen atoms in total. The lowest BCUT2D eigenvalue weighted by molar-refractivity contribution is 0.458. The van der Waals surface area contributed by atoms with E-state index in [1.165, 1.54) is 5.56 Å². The van der Waals surface area contributed by atoms with Gasteiger partial charge in [0.2, 0.25) is 5.88 Å². The summed E-state index contributed by atoms with van der Waals surface area (Å²) >= 11 is 9.41. The summed E-state index contributed by atoms with van der Waals surface area (Å²) in [4.78, 5) is 4.17. The summed E-state index contributed by atoms with van der Waals surface area (Å²) in [6.07, 6.45) is 1.67. The summed E-state index contributed by atoms with van der Waals surface area (Å²) in [5.41, 5.74) is 3.45. The number of aryl methyl sites for hydroxylation is 2. The first-order chi connectivity index (χ1) is 8.47. The minimum atomic E-state index is 0.424. The lowest BCUT2D eigenvalue weighted by Crippen LogP contribution is -1.94. The Kier molecular flexibility index (Phi) is 3.93. The lowest BCUT2D eigenvalue weighted by atomic mass is 10.1. The van der Waals surface area contributed by atoms with Crippen LogP contribution in [-0.4, -0.2) is 4.98 Å². The Balaban J connectivity index is 2.40. The minimum absolute atomic E-state index is 0.424. The predicted molar refractivity (Wildman–Crippen MR) is 77.7 cm³/mol. The first-order valence-corrected chi connectivity index (χ1v) is 6.71. The van der Waals surface area contributed by atoms with Crippen LogP contribution in [0.2, 0.25) is 5.02 Å². The van der Waals surface area contributed by atoms with Crippen molar-refractivity contribution in [3.8, 4) is 11.6 Å². The maximum atomic E-state index is 6.09. The van der Waals surface area contributed by atoms with Gasteiger partial charge in [-0.15, -0.1) is 0 Å². The Morgan fingerprint density at radius 3 is 2.56 bits per heavy atom. The van der Waals surface area contributed by atoms with Crippen molar-refractivity contribution in [1.82, 2.24) is 4.98 Å². The van der Waals surface area contributed by atoms with E-state index >= 15 is 0 Å². The Labute approximate surface area is 120 Å². The van der Waals surface area contributed by atoms with E-state index in [1.807, 2.05) is 19.9 Å². The number of hydrogen-bond donors (Lipinski definition) is 0. The number of nitrogens with zero attached hydrogens (tertiary/aromatic N) is 1. The van der Waals surface area contributed by atoms with Crippen LogP contribution in [0, 0.1) is 20.8 Å². The molecule has 0 fully saturated rings. The molecule has 2 rings (SSSR count). The van der Waals surface area contributed by atoms with E-state index in [0.29, 0.717) is 10.9 Å². The van der Waals surface area contributed by atoms with Gasteiger partial charge in [0, 0.05) is 10.7 Å². The van der Waals surface area contributed by atoms with Crippen LogP contribution in [0.1, 0.15) is 16.7 Å². The molecule has 94 valence electrons. The van der Waals surface area contributed by atoms with Crippen LogP contribution >= 0.6 is 27.5 Å². The smallest absolute Gasteiger partial charge is 0.238 e. The maximum absolute atomic E-state index is 6.09. The average Bonchev–Trinajstić information content (AvgIpc) is 2.29. The molecule has 0 spiro atoms. The largest absolute Gasteiger partial charge is 0.437 e. The Morgan fingerprint density at radius 1 is 1.17 bits per heavy atom. The quantitative estimate of drug-likeness (QED) is 0.755. The normalized spacial score (nSPS) is 10.5. The molecule has 0 aliphatic carbocycles. The molecule has 0 aliphatic rings. The van der Waals surface area contributed by atoms with Gasteiger partial charge in [0.15, 0.2) is 0 Å². The van der Waals surface area contributed by atoms with Crippen molar-refractivity contribution >= 4 is 27.5 Å². The number of benzene rings is 1. The fraction of sp³-hybridized carbons (Fsp3) is 0.214. The highest BCUT2D eigenvalue weighted by Crippen LogP contribution is 2.32. The van der Waals surface area contributed by atoms with Gasteiger partial charge in [-0.1, -0.05) is 17.7 Å². The molecule has 1 heterocycles. The third kappa shape index (κ3) is 2.85. The van der Waals surface area contributed by atoms with Gasteiger partial charge in [0.25, 0.3) is 0 Å². The summed E-state index contributed by atoms with van der Waals surface area (Å²) in [6.45, 7) is 6.12. The highest BCUT2D eigenvalue weighted by molar-refractivity contribution is 9.10. The maximum Gasteiger partial charge on any atom is 0.238 e. The Hall–Kier alpha value is -1.06. The highest BCUT2D eigenvalue weighted by Gasteiger charge is 2.09. The third-order valence-electron chi connectivity index (χ3n) is 2.74. The van der Waals surface area contributed by atoms with Crippen molar-refractivity contribution in [3.63, 3.8) is 0 Å². The van der Waals surface area contributed by atoms with Crippen LogP contribution in [0.3, 0.4) is 0 Å². The highest BCUT2D eigenvalue weighted by atomic mass is 79.9. The number of aromatic nitrogens is 1. The van der Waals surface area contributed by atoms with E-state index in [0.717, 1.165) is 21.3 Å². The molecule has 4 heteroatoms. The van der Waals surface area contributed by atoms with Gasteiger partial charge in [0.1, 0.15) is 10.8 Å². The zero-order valence-electron chi connectivity index (χ0n) is 10.4. The number of ether oxygens (including phenoxy) is 1. The minimum Gasteiger partial charge on any atom is -0.437 e. The molecule has 0 atom stereocenters. The fourth-order valence-corrected chi connectivity index (χ4v) is 2.36. The van der Waals surface area contributed by atoms with E-state index in [4.69, 9.17) is 16.3 Å². The van der Waals surface area contributed by atoms with Crippen molar-refractivity contribution < 1.29 is 4.74 Å². The zero-order valence-corrected chi connectivity index (χ0v) is 12.8. The van der Waals surface area contributed by atoms with Crippen LogP contribution in [0.4, 0.5) is 0 Å². The van der Waals surface area contributed by atoms with Crippen LogP contribution < -0.4 is 4.74 Å². The van der Waals surface area contributed by atoms with Crippen molar-refractivity contribution in [2.24, 2.45) is 0 Å². The second-order valence-electron chi connectivity index (χ2n) is 4.25. The first-order valence-electron chi connectivity index (χ1n) is 5.54. The molecule has 1 aromatic heterocycles. The number of rotatable bonds is 2. The van der Waals surface area contributed by atoms with Gasteiger partial charge >= 0.3 is 0 Å². The molecule has 0 radical (unpaired) electrons. The summed E-state index contributed by atoms with van der Waals surface area (Å²) in [5, 5.41) is 0.489. The van der Waals surface area contributed by atoms with Crippen molar-refractivity contribution in [1.29, 1.82) is 0 Å². The van der Waals surface area contributed by atoms with Gasteiger partial charge in [-0.25, -0.2) is 4.98 Å². The average molecular weight is 327 g/mol. The molecule has 0 aliphatic heterocycles. The van der Waals surface area contributed by atoms with Gasteiger partial charge in [-0.2, -0.15) is 0 Å². The number of hydrogen-bond acceptors (Lipinski definition) is 2. The zero-order chi connectivity index (χ0) is 13.3. The standard InChI is InChI=1S/C14H13BrClNO/c1-8-4-9(2)10(3)13(5-8)18-14-12(16)6-11(15)7-17-14/h4-7H,1-3H3. The fourth-order valence-electron chi connectivity index (χ4n) is 1.69. The lowest BCUT2D eigenvalue weighted by Gasteiger charge is -2.12. The van der Waals surface area contributed by atoms with Crippen LogP contribution in [0.25, 0.3) is 0 Å². The molecule has 0 amide bonds. The van der Waals surface area contributed by atoms with Gasteiger partial charge in [-0.3, -0.25) is 0 Å². The first kappa shape index (κ1) is 13.4. The summed E-state index contributed by atoms with van der Waals surface area (Å²) < 4.78 is 6.62. The van der Waals surface area contributed by atoms with Gasteiger partial charge < -0.3 is 4.74 Å². The molecule has 0 bridgehead atoms. The van der Waals surface area contributed by atoms with Crippen LogP contribution in [0.5, 0.6) is 11.6 Å². The molecule has 0 saturated heterocycles. The molecule has 0 N–H and O–H groups in total. The molecule has 1 aromatic carbocycles. The van der Waals surface area contributed by atoms with E-state index in [-0.39, 0.29) is 0 Å². The van der Waals surface area contributed by atoms with E-state index in [9.17, 15) is 0 Å². The van der Waals surface area contributed by atoms with Crippen molar-refractivity contribution in [2.75, 3.05) is 0 Å². The Morgan fingerprint density at radius 2 is 1.89 bits per heavy atom. The second kappa shape index (κ2) is 5.29. The van der Waals surface area contributed by atoms with Crippen LogP contribution in [-0.2, 0) is 0 Å². The molecular weight excluding hydrogens is 314 g/mol. The van der Waals surface area contributed by atoms with E-state index in [1.54, 1.807) is 12.3 Å². The molecule has 18 heavy (non-hydrogen) atoms. The second-order valence-corrected chi connectivity index (χ2v) is 5.57. The molecule has 0 saturated carbocycles. The predicted octanol–water partition coefficient (Wildman–Crippen LogP) is 5.22. The summed E-state index contributed by atoms with van der Waals surface area (Å²) in [6, 6.07) is 5.88. The van der Waals surface area contributed by atoms with Crippen molar-refractivity contribution in [2.45, 2.75) is 20.8 Å². The number of halogens is 2. The van der Waals surface area contributed by atoms with E-state index in [2.05, 4.69) is 33.9 Å². The van der Waals surface area contributed by atoms with Crippen LogP contribution in [0.15, 0.2) is 28.9 Å². The monoisotopic (exact) mass is 325 g/mol. The summed E-state index contributed by atoms with van der Waals surface area (Å²) in [7, 11) is 0. The Bertz CT molecular complexity index is 599. The topological polar surface area (TPSA) is 22.1 Å². The molecular formula is C14H13BrClNO. The van der Waals surface area contributed by atoms with Gasteiger partial charge in [0.05, 0.1) is 0 Å². The SMILES string of the molecule is Cc1cc(C)c(C)c(Oc2ncc(Br)cc2Cl)c1. The third-order valence-corrected chi connectivity index (χ3v) is 3.45. The van der Waals surface area contributed by atoms with Gasteiger partial charge in [-0.05, 0) is 65.5 Å². The number of pyridine rings is 1. The van der Waals surface area contributed by atoms with E-state index < -0.39 is 0 Å².